The molecule has 3 heterocycles. The fraction of sp³-hybridized carbons (Fsp3) is 0.568. The van der Waals surface area contributed by atoms with Crippen LogP contribution in [0.15, 0.2) is 71.4 Å². The van der Waals surface area contributed by atoms with Crippen molar-refractivity contribution in [3.05, 3.63) is 71.4 Å². The number of carbonyl (C=O) groups excluding carboxylic acids is 4. The Kier molecular flexibility index (Phi) is 16.3. The molecule has 4 rings (SSSR count). The summed E-state index contributed by atoms with van der Waals surface area (Å²) in [6.45, 7) is 13.2. The SMILES string of the molecule is C1=CCC=CC(CCC2CNC2)=C1.C=C(C)/C(=C\C(=C/CC)C(F)(F)F)C(=O)NCC(=O)N1CCC2(CC1)C(=O)N(C)C(=O)N2C.CCC. The Labute approximate surface area is 289 Å². The number of alkyl halides is 3. The molecule has 5 amide bonds. The number of likely N-dealkylation sites (N-methyl/N-ethyl adjacent to an activating group) is 2. The number of halogens is 3. The molecule has 272 valence electrons. The van der Waals surface area contributed by atoms with Gasteiger partial charge in [0.2, 0.25) is 5.91 Å². The van der Waals surface area contributed by atoms with E-state index in [2.05, 4.69) is 61.4 Å². The first-order valence-corrected chi connectivity index (χ1v) is 17.1. The zero-order valence-electron chi connectivity index (χ0n) is 29.9. The quantitative estimate of drug-likeness (QED) is 0.170. The average molecular weight is 690 g/mol. The van der Waals surface area contributed by atoms with Gasteiger partial charge in [-0.2, -0.15) is 13.2 Å². The molecule has 9 nitrogen and oxygen atoms in total. The van der Waals surface area contributed by atoms with Crippen LogP contribution in [-0.2, 0) is 14.4 Å². The summed E-state index contributed by atoms with van der Waals surface area (Å²) in [6.07, 6.45) is 13.8. The number of hydrogen-bond donors (Lipinski definition) is 2. The van der Waals surface area contributed by atoms with Gasteiger partial charge >= 0.3 is 12.2 Å². The molecule has 0 aromatic rings. The summed E-state index contributed by atoms with van der Waals surface area (Å²) in [6, 6.07) is -0.401. The number of likely N-dealkylation sites (tertiary alicyclic amines) is 1. The Bertz CT molecular complexity index is 1350. The first-order chi connectivity index (χ1) is 23.1. The van der Waals surface area contributed by atoms with Crippen molar-refractivity contribution in [1.82, 2.24) is 25.3 Å². The molecular formula is C37H54F3N5O4. The lowest BCUT2D eigenvalue weighted by atomic mass is 9.86. The molecule has 49 heavy (non-hydrogen) atoms. The van der Waals surface area contributed by atoms with E-state index >= 15 is 0 Å². The second kappa shape index (κ2) is 19.3. The lowest BCUT2D eigenvalue weighted by molar-refractivity contribution is -0.140. The molecule has 3 aliphatic heterocycles. The number of nitrogens with one attached hydrogen (secondary N) is 2. The number of carbonyl (C=O) groups is 4. The average Bonchev–Trinajstić information content (AvgIpc) is 3.24. The van der Waals surface area contributed by atoms with Crippen LogP contribution in [0.4, 0.5) is 18.0 Å². The first-order valence-electron chi connectivity index (χ1n) is 17.1. The number of amides is 5. The van der Waals surface area contributed by atoms with Crippen molar-refractivity contribution >= 4 is 23.8 Å². The number of imide groups is 1. The molecule has 1 spiro atoms. The summed E-state index contributed by atoms with van der Waals surface area (Å²) < 4.78 is 39.6. The van der Waals surface area contributed by atoms with Crippen LogP contribution in [0.3, 0.4) is 0 Å². The Hall–Kier alpha value is -3.93. The summed E-state index contributed by atoms with van der Waals surface area (Å²) >= 11 is 0. The second-order valence-corrected chi connectivity index (χ2v) is 12.8. The van der Waals surface area contributed by atoms with E-state index in [0.29, 0.717) is 0 Å². The van der Waals surface area contributed by atoms with Crippen LogP contribution in [-0.4, -0.2) is 97.0 Å². The minimum Gasteiger partial charge on any atom is -0.343 e. The van der Waals surface area contributed by atoms with Gasteiger partial charge in [-0.25, -0.2) is 4.79 Å². The highest BCUT2D eigenvalue weighted by Gasteiger charge is 2.55. The molecule has 0 radical (unpaired) electrons. The Balaban J connectivity index is 0.000000426. The highest BCUT2D eigenvalue weighted by molar-refractivity contribution is 6.06. The van der Waals surface area contributed by atoms with Gasteiger partial charge in [-0.15, -0.1) is 0 Å². The van der Waals surface area contributed by atoms with Gasteiger partial charge in [0.25, 0.3) is 11.8 Å². The van der Waals surface area contributed by atoms with Gasteiger partial charge < -0.3 is 20.4 Å². The molecule has 1 aliphatic carbocycles. The molecule has 4 aliphatic rings. The maximum atomic E-state index is 13.2. The van der Waals surface area contributed by atoms with Crippen molar-refractivity contribution in [1.29, 1.82) is 0 Å². The van der Waals surface area contributed by atoms with Gasteiger partial charge in [0.05, 0.1) is 12.1 Å². The van der Waals surface area contributed by atoms with E-state index in [9.17, 15) is 32.3 Å². The number of piperidine rings is 1. The van der Waals surface area contributed by atoms with E-state index in [1.165, 1.54) is 61.7 Å². The number of rotatable bonds is 9. The van der Waals surface area contributed by atoms with E-state index < -0.39 is 41.7 Å². The maximum Gasteiger partial charge on any atom is 0.416 e. The van der Waals surface area contributed by atoms with Crippen LogP contribution in [0.5, 0.6) is 0 Å². The van der Waals surface area contributed by atoms with E-state index in [0.717, 1.165) is 29.4 Å². The van der Waals surface area contributed by atoms with Gasteiger partial charge in [-0.1, -0.05) is 70.2 Å². The topological polar surface area (TPSA) is 102 Å². The van der Waals surface area contributed by atoms with Crippen LogP contribution in [0.1, 0.15) is 72.6 Å². The normalized spacial score (nSPS) is 19.4. The zero-order chi connectivity index (χ0) is 36.8. The van der Waals surface area contributed by atoms with Gasteiger partial charge in [0, 0.05) is 32.8 Å². The van der Waals surface area contributed by atoms with Gasteiger partial charge in [0.15, 0.2) is 0 Å². The van der Waals surface area contributed by atoms with E-state index in [1.54, 1.807) is 14.0 Å². The van der Waals surface area contributed by atoms with Crippen molar-refractivity contribution in [2.24, 2.45) is 5.92 Å². The molecule has 12 heteroatoms. The van der Waals surface area contributed by atoms with Crippen LogP contribution >= 0.6 is 0 Å². The van der Waals surface area contributed by atoms with E-state index in [1.807, 2.05) is 0 Å². The number of hydrogen-bond acceptors (Lipinski definition) is 5. The summed E-state index contributed by atoms with van der Waals surface area (Å²) in [5.74, 6) is -0.658. The summed E-state index contributed by atoms with van der Waals surface area (Å²) in [5, 5.41) is 5.67. The first kappa shape index (κ1) is 41.2. The molecule has 3 fully saturated rings. The molecular weight excluding hydrogens is 635 g/mol. The highest BCUT2D eigenvalue weighted by Crippen LogP contribution is 2.35. The van der Waals surface area contributed by atoms with Gasteiger partial charge in [-0.3, -0.25) is 19.3 Å². The minimum absolute atomic E-state index is 0.127. The Morgan fingerprint density at radius 1 is 1.10 bits per heavy atom. The number of nitrogens with zero attached hydrogens (tertiary/aromatic N) is 3. The third kappa shape index (κ3) is 11.6. The van der Waals surface area contributed by atoms with Crippen LogP contribution < -0.4 is 10.6 Å². The maximum absolute atomic E-state index is 13.2. The summed E-state index contributed by atoms with van der Waals surface area (Å²) in [4.78, 5) is 53.6. The third-order valence-electron chi connectivity index (χ3n) is 8.78. The lowest BCUT2D eigenvalue weighted by Gasteiger charge is -2.40. The molecule has 0 aromatic carbocycles. The van der Waals surface area contributed by atoms with Crippen molar-refractivity contribution < 1.29 is 32.3 Å². The third-order valence-corrected chi connectivity index (χ3v) is 8.78. The van der Waals surface area contributed by atoms with E-state index in [4.69, 9.17) is 0 Å². The number of urea groups is 1. The van der Waals surface area contributed by atoms with Gasteiger partial charge in [-0.05, 0) is 81.7 Å². The Morgan fingerprint density at radius 2 is 1.73 bits per heavy atom. The molecule has 2 N–H and O–H groups in total. The molecule has 0 unspecified atom stereocenters. The Morgan fingerprint density at radius 3 is 2.22 bits per heavy atom. The fourth-order valence-electron chi connectivity index (χ4n) is 5.72. The van der Waals surface area contributed by atoms with Crippen molar-refractivity contribution in [2.75, 3.05) is 46.8 Å². The molecule has 0 atom stereocenters. The number of allylic oxidation sites excluding steroid dienone is 9. The lowest BCUT2D eigenvalue weighted by Crippen LogP contribution is -2.57. The van der Waals surface area contributed by atoms with Crippen LogP contribution in [0.25, 0.3) is 0 Å². The van der Waals surface area contributed by atoms with Crippen LogP contribution in [0.2, 0.25) is 0 Å². The van der Waals surface area contributed by atoms with Crippen molar-refractivity contribution in [2.45, 2.75) is 84.4 Å². The van der Waals surface area contributed by atoms with Crippen LogP contribution in [0, 0.1) is 5.92 Å². The molecule has 0 bridgehead atoms. The van der Waals surface area contributed by atoms with Crippen molar-refractivity contribution in [3.63, 3.8) is 0 Å². The fourth-order valence-corrected chi connectivity index (χ4v) is 5.72. The highest BCUT2D eigenvalue weighted by atomic mass is 19.4. The van der Waals surface area contributed by atoms with Crippen molar-refractivity contribution in [3.8, 4) is 0 Å². The smallest absolute Gasteiger partial charge is 0.343 e. The van der Waals surface area contributed by atoms with E-state index in [-0.39, 0.29) is 49.4 Å². The van der Waals surface area contributed by atoms with Gasteiger partial charge in [0.1, 0.15) is 5.54 Å². The molecule has 0 aromatic heterocycles. The standard InChI is InChI=1S/C22H29F3N4O4.C12H17N.C3H8/c1-6-7-15(22(23,24)25)12-16(14(2)3)18(31)26-13-17(30)29-10-8-21(9-11-29)19(32)27(4)20(33)28(21)5;1-2-4-6-11(5-3-1)7-8-12-9-13-10-12;1-3-2/h7,12H,2,6,8-11,13H2,1,3-5H3,(H,26,31);1,3-6,12-13H,2,7-10H2;3H2,1-2H3/b15-7+,16-12+;;. The predicted octanol–water partition coefficient (Wildman–Crippen LogP) is 6.23. The predicted molar refractivity (Wildman–Crippen MR) is 187 cm³/mol. The summed E-state index contributed by atoms with van der Waals surface area (Å²) in [5.41, 5.74) is -0.599. The molecule has 3 saturated heterocycles. The second-order valence-electron chi connectivity index (χ2n) is 12.8. The molecule has 0 saturated carbocycles. The monoisotopic (exact) mass is 689 g/mol. The summed E-state index contributed by atoms with van der Waals surface area (Å²) in [7, 11) is 2.96. The minimum atomic E-state index is -4.63. The zero-order valence-corrected chi connectivity index (χ0v) is 29.9. The largest absolute Gasteiger partial charge is 0.416 e.